The lowest BCUT2D eigenvalue weighted by molar-refractivity contribution is -0.139. The van der Waals surface area contributed by atoms with E-state index in [0.29, 0.717) is 29.3 Å². The van der Waals surface area contributed by atoms with Crippen molar-refractivity contribution in [1.29, 1.82) is 0 Å². The van der Waals surface area contributed by atoms with Gasteiger partial charge in [0.25, 0.3) is 0 Å². The summed E-state index contributed by atoms with van der Waals surface area (Å²) in [5.74, 6) is -3.95. The number of rotatable bonds is 6. The molecule has 0 radical (unpaired) electrons. The average Bonchev–Trinajstić information content (AvgIpc) is 2.77. The van der Waals surface area contributed by atoms with E-state index in [1.165, 1.54) is 17.8 Å². The van der Waals surface area contributed by atoms with Crippen molar-refractivity contribution < 1.29 is 34.1 Å². The number of nitrogens with one attached hydrogen (secondary N) is 1. The molecule has 0 saturated carbocycles. The molecule has 0 spiro atoms. The van der Waals surface area contributed by atoms with E-state index >= 15 is 0 Å². The van der Waals surface area contributed by atoms with Crippen LogP contribution < -0.4 is 21.4 Å². The standard InChI is InChI=1S/C16H16FN3O3S.C5H9NO4/c1-8-20-11-7-12(19-4-2-18-3-5-19)10(17)6-9(11)14(21)13(16(22)23)15(20)24-8;6-3(5(9)10)1-2-4(7)8/h6-8,18H,2-5H2,1H3,(H,22,23);3H,1-2,6H2,(H,7,8)(H,9,10)/t8-;/m1./s1. The summed E-state index contributed by atoms with van der Waals surface area (Å²) in [6.45, 7) is 4.87. The fraction of sp³-hybridized carbons (Fsp3) is 0.429. The molecule has 0 bridgehead atoms. The third kappa shape index (κ3) is 5.16. The van der Waals surface area contributed by atoms with Crippen LogP contribution in [0.5, 0.6) is 0 Å². The molecule has 1 fully saturated rings. The van der Waals surface area contributed by atoms with Crippen LogP contribution in [0.2, 0.25) is 0 Å². The normalized spacial score (nSPS) is 17.7. The second kappa shape index (κ2) is 10.4. The van der Waals surface area contributed by atoms with Crippen LogP contribution in [0.1, 0.15) is 35.5 Å². The highest BCUT2D eigenvalue weighted by atomic mass is 32.2. The van der Waals surface area contributed by atoms with Crippen LogP contribution >= 0.6 is 11.8 Å². The van der Waals surface area contributed by atoms with Crippen LogP contribution in [0.3, 0.4) is 0 Å². The van der Waals surface area contributed by atoms with Gasteiger partial charge in [-0.2, -0.15) is 0 Å². The van der Waals surface area contributed by atoms with Crippen molar-refractivity contribution in [1.82, 2.24) is 9.88 Å². The number of pyridine rings is 1. The van der Waals surface area contributed by atoms with E-state index in [4.69, 9.17) is 15.9 Å². The molecule has 2 aromatic rings. The highest BCUT2D eigenvalue weighted by Crippen LogP contribution is 2.46. The number of fused-ring (bicyclic) bond motifs is 3. The zero-order chi connectivity index (χ0) is 25.2. The Labute approximate surface area is 197 Å². The Morgan fingerprint density at radius 3 is 2.41 bits per heavy atom. The number of aromatic carboxylic acids is 1. The molecule has 1 saturated heterocycles. The van der Waals surface area contributed by atoms with Gasteiger partial charge in [-0.05, 0) is 25.5 Å². The highest BCUT2D eigenvalue weighted by molar-refractivity contribution is 8.00. The van der Waals surface area contributed by atoms with Crippen molar-refractivity contribution in [2.75, 3.05) is 31.1 Å². The number of nitrogens with zero attached hydrogens (tertiary/aromatic N) is 2. The van der Waals surface area contributed by atoms with Crippen LogP contribution in [0.25, 0.3) is 10.9 Å². The van der Waals surface area contributed by atoms with Crippen molar-refractivity contribution in [3.05, 3.63) is 33.7 Å². The van der Waals surface area contributed by atoms with E-state index in [-0.39, 0.29) is 29.2 Å². The quantitative estimate of drug-likeness (QED) is 0.388. The number of aromatic nitrogens is 1. The molecule has 34 heavy (non-hydrogen) atoms. The molecule has 184 valence electrons. The minimum absolute atomic E-state index is 0.0162. The zero-order valence-corrected chi connectivity index (χ0v) is 19.1. The van der Waals surface area contributed by atoms with Crippen molar-refractivity contribution in [2.45, 2.75) is 36.2 Å². The maximum Gasteiger partial charge on any atom is 0.342 e. The van der Waals surface area contributed by atoms with Gasteiger partial charge in [-0.3, -0.25) is 14.4 Å². The minimum Gasteiger partial charge on any atom is -0.481 e. The van der Waals surface area contributed by atoms with Crippen molar-refractivity contribution >= 4 is 46.3 Å². The topological polar surface area (TPSA) is 175 Å². The predicted molar refractivity (Wildman–Crippen MR) is 123 cm³/mol. The number of nitrogens with two attached hydrogens (primary N) is 1. The maximum atomic E-state index is 14.6. The lowest BCUT2D eigenvalue weighted by Crippen LogP contribution is -2.44. The van der Waals surface area contributed by atoms with E-state index in [0.717, 1.165) is 13.1 Å². The van der Waals surface area contributed by atoms with Crippen molar-refractivity contribution in [3.63, 3.8) is 0 Å². The molecule has 1 aromatic heterocycles. The smallest absolute Gasteiger partial charge is 0.342 e. The number of thioether (sulfide) groups is 1. The van der Waals surface area contributed by atoms with E-state index < -0.39 is 35.2 Å². The van der Waals surface area contributed by atoms with E-state index in [9.17, 15) is 28.7 Å². The van der Waals surface area contributed by atoms with E-state index in [2.05, 4.69) is 5.32 Å². The van der Waals surface area contributed by atoms with Gasteiger partial charge >= 0.3 is 17.9 Å². The molecule has 4 rings (SSSR count). The molecule has 1 aromatic carbocycles. The summed E-state index contributed by atoms with van der Waals surface area (Å²) in [7, 11) is 0. The van der Waals surface area contributed by atoms with Gasteiger partial charge < -0.3 is 35.8 Å². The number of piperazine rings is 1. The summed E-state index contributed by atoms with van der Waals surface area (Å²) in [6.07, 6.45) is -0.224. The second-order valence-electron chi connectivity index (χ2n) is 7.84. The Morgan fingerprint density at radius 2 is 1.88 bits per heavy atom. The number of hydrogen-bond donors (Lipinski definition) is 5. The lowest BCUT2D eigenvalue weighted by atomic mass is 10.1. The Morgan fingerprint density at radius 1 is 1.24 bits per heavy atom. The first-order valence-corrected chi connectivity index (χ1v) is 11.4. The first kappa shape index (κ1) is 25.5. The summed E-state index contributed by atoms with van der Waals surface area (Å²) in [5, 5.41) is 29.4. The summed E-state index contributed by atoms with van der Waals surface area (Å²) in [4.78, 5) is 45.8. The molecule has 6 N–H and O–H groups in total. The van der Waals surface area contributed by atoms with Gasteiger partial charge in [0.1, 0.15) is 17.4 Å². The second-order valence-corrected chi connectivity index (χ2v) is 9.14. The summed E-state index contributed by atoms with van der Waals surface area (Å²) < 4.78 is 16.4. The fourth-order valence-electron chi connectivity index (χ4n) is 3.77. The highest BCUT2D eigenvalue weighted by Gasteiger charge is 2.33. The van der Waals surface area contributed by atoms with Gasteiger partial charge in [0.05, 0.1) is 21.6 Å². The van der Waals surface area contributed by atoms with Crippen LogP contribution in [0.4, 0.5) is 10.1 Å². The number of anilines is 1. The first-order valence-electron chi connectivity index (χ1n) is 10.5. The molecular formula is C21H25FN4O7S. The third-order valence-corrected chi connectivity index (χ3v) is 6.71. The van der Waals surface area contributed by atoms with E-state index in [1.807, 2.05) is 16.4 Å². The molecule has 2 aliphatic rings. The van der Waals surface area contributed by atoms with Gasteiger partial charge in [-0.1, -0.05) is 11.8 Å². The number of aliphatic carboxylic acids is 2. The number of carboxylic acids is 3. The SMILES string of the molecule is C[C@H]1Sc2c(C(=O)O)c(=O)c3cc(F)c(N4CCNCC4)cc3n21.NC(CCC(=O)O)C(=O)O. The van der Waals surface area contributed by atoms with Gasteiger partial charge in [-0.15, -0.1) is 0 Å². The molecule has 2 aliphatic heterocycles. The minimum atomic E-state index is -1.27. The third-order valence-electron chi connectivity index (χ3n) is 5.53. The first-order chi connectivity index (χ1) is 16.0. The molecule has 0 amide bonds. The molecule has 2 atom stereocenters. The zero-order valence-electron chi connectivity index (χ0n) is 18.3. The Balaban J connectivity index is 0.000000277. The summed E-state index contributed by atoms with van der Waals surface area (Å²) in [6, 6.07) is 1.81. The van der Waals surface area contributed by atoms with E-state index in [1.54, 1.807) is 6.07 Å². The number of hydrogen-bond acceptors (Lipinski definition) is 8. The molecule has 1 unspecified atom stereocenters. The molecule has 0 aliphatic carbocycles. The Bertz CT molecular complexity index is 1200. The fourth-order valence-corrected chi connectivity index (χ4v) is 4.93. The molecule has 11 nitrogen and oxygen atoms in total. The van der Waals surface area contributed by atoms with Crippen LogP contribution in [-0.4, -0.2) is 70.0 Å². The van der Waals surface area contributed by atoms with Crippen LogP contribution in [0.15, 0.2) is 22.0 Å². The van der Waals surface area contributed by atoms with Gasteiger partial charge in [0.15, 0.2) is 0 Å². The molecule has 3 heterocycles. The average molecular weight is 497 g/mol. The Hall–Kier alpha value is -3.16. The number of carboxylic acid groups (broad SMARTS) is 3. The largest absolute Gasteiger partial charge is 0.481 e. The van der Waals surface area contributed by atoms with Crippen molar-refractivity contribution in [2.24, 2.45) is 5.73 Å². The Kier molecular flexibility index (Phi) is 7.79. The number of halogens is 1. The predicted octanol–water partition coefficient (Wildman–Crippen LogP) is 1.14. The number of carbonyl (C=O) groups is 3. The maximum absolute atomic E-state index is 14.6. The molecular weight excluding hydrogens is 471 g/mol. The monoisotopic (exact) mass is 496 g/mol. The van der Waals surface area contributed by atoms with Crippen LogP contribution in [-0.2, 0) is 9.59 Å². The van der Waals surface area contributed by atoms with Gasteiger partial charge in [0.2, 0.25) is 5.43 Å². The van der Waals surface area contributed by atoms with Gasteiger partial charge in [0, 0.05) is 38.0 Å². The summed E-state index contributed by atoms with van der Waals surface area (Å²) >= 11 is 1.35. The lowest BCUT2D eigenvalue weighted by Gasteiger charge is -2.34. The summed E-state index contributed by atoms with van der Waals surface area (Å²) in [5.41, 5.74) is 5.18. The van der Waals surface area contributed by atoms with Crippen molar-refractivity contribution in [3.8, 4) is 0 Å². The molecule has 13 heteroatoms. The number of benzene rings is 1. The van der Waals surface area contributed by atoms with Crippen LogP contribution in [0, 0.1) is 5.82 Å². The van der Waals surface area contributed by atoms with Gasteiger partial charge in [-0.25, -0.2) is 9.18 Å².